The van der Waals surface area contributed by atoms with Gasteiger partial charge in [-0.05, 0) is 13.8 Å². The number of rotatable bonds is 2. The maximum atomic E-state index is 3.40. The molecular formula is C30H38Zr. The van der Waals surface area contributed by atoms with Crippen LogP contribution in [0, 0.1) is 31.3 Å². The summed E-state index contributed by atoms with van der Waals surface area (Å²) in [5.41, 5.74) is 4.40. The van der Waals surface area contributed by atoms with Gasteiger partial charge < -0.3 is 0 Å². The van der Waals surface area contributed by atoms with Crippen LogP contribution in [0.5, 0.6) is 0 Å². The first-order valence-electron chi connectivity index (χ1n) is 11.4. The summed E-state index contributed by atoms with van der Waals surface area (Å²) in [6.07, 6.45) is 10.4. The predicted molar refractivity (Wildman–Crippen MR) is 137 cm³/mol. The molecule has 0 bridgehead atoms. The van der Waals surface area contributed by atoms with Gasteiger partial charge in [-0.15, -0.1) is 39.7 Å². The molecule has 0 N–H and O–H groups in total. The average Bonchev–Trinajstić information content (AvgIpc) is 3.25. The summed E-state index contributed by atoms with van der Waals surface area (Å²) in [7, 11) is 0. The van der Waals surface area contributed by atoms with Gasteiger partial charge in [-0.25, -0.2) is 6.08 Å². The SMILES string of the molecule is CCCC1[C-]=CC(C(C)(C)C)=C1.C[C](C)=[Zr+2].Cc1ccc2c(c1)[cH-]c1cc(C)ccc12. The number of aryl methyl sites for hydroxylation is 2. The van der Waals surface area contributed by atoms with Crippen molar-refractivity contribution in [3.8, 4) is 0 Å². The van der Waals surface area contributed by atoms with Crippen LogP contribution >= 0.6 is 0 Å². The van der Waals surface area contributed by atoms with Crippen LogP contribution in [-0.2, 0) is 24.2 Å². The fourth-order valence-electron chi connectivity index (χ4n) is 3.72. The normalized spacial score (nSPS) is 15.3. The molecule has 1 atom stereocenters. The molecule has 3 aromatic carbocycles. The monoisotopic (exact) mass is 488 g/mol. The van der Waals surface area contributed by atoms with E-state index in [2.05, 4.69) is 116 Å². The maximum Gasteiger partial charge on any atom is -0.0469 e. The second-order valence-corrected chi connectivity index (χ2v) is 12.4. The molecule has 0 amide bonds. The Labute approximate surface area is 205 Å². The summed E-state index contributed by atoms with van der Waals surface area (Å²) in [5.74, 6) is 0.587. The molecule has 0 saturated carbocycles. The standard InChI is InChI=1S/C15H13.C12H19.C3H6.Zr/c1-10-3-5-14-12(7-10)9-13-8-11(2)4-6-15(13)14;1-5-6-10-7-8-11(9-10)12(2,3)4;1-3-2;/h3-9H,1-2H3;8-10H,5-6H2,1-4H3;1-2H3;/q2*-1;;+2. The van der Waals surface area contributed by atoms with Crippen molar-refractivity contribution in [3.63, 3.8) is 0 Å². The number of allylic oxidation sites excluding steroid dienone is 4. The van der Waals surface area contributed by atoms with Crippen LogP contribution in [0.2, 0.25) is 0 Å². The molecule has 1 aliphatic rings. The van der Waals surface area contributed by atoms with E-state index >= 15 is 0 Å². The molecule has 0 saturated heterocycles. The van der Waals surface area contributed by atoms with Gasteiger partial charge in [-0.1, -0.05) is 87.3 Å². The van der Waals surface area contributed by atoms with Crippen molar-refractivity contribution in [2.24, 2.45) is 11.3 Å². The number of hydrogen-bond donors (Lipinski definition) is 0. The Balaban J connectivity index is 0.000000193. The molecule has 0 nitrogen and oxygen atoms in total. The summed E-state index contributed by atoms with van der Waals surface area (Å²) in [5, 5.41) is 5.46. The Morgan fingerprint density at radius 1 is 0.968 bits per heavy atom. The molecule has 4 rings (SSSR count). The summed E-state index contributed by atoms with van der Waals surface area (Å²) in [6, 6.07) is 15.6. The molecule has 162 valence electrons. The Hall–Kier alpha value is -1.46. The molecule has 1 aliphatic carbocycles. The summed E-state index contributed by atoms with van der Waals surface area (Å²) >= 11 is 1.55. The summed E-state index contributed by atoms with van der Waals surface area (Å²) in [6.45, 7) is 17.5. The van der Waals surface area contributed by atoms with Gasteiger partial charge in [0, 0.05) is 0 Å². The molecule has 1 unspecified atom stereocenters. The Kier molecular flexibility index (Phi) is 9.51. The molecule has 0 spiro atoms. The molecule has 0 radical (unpaired) electrons. The first-order valence-corrected chi connectivity index (χ1v) is 12.6. The summed E-state index contributed by atoms with van der Waals surface area (Å²) < 4.78 is 1.51. The van der Waals surface area contributed by atoms with Crippen LogP contribution in [0.15, 0.2) is 60.2 Å². The zero-order chi connectivity index (χ0) is 23.2. The van der Waals surface area contributed by atoms with E-state index in [0.717, 1.165) is 0 Å². The minimum atomic E-state index is 0.301. The van der Waals surface area contributed by atoms with E-state index < -0.39 is 0 Å². The second-order valence-electron chi connectivity index (χ2n) is 9.90. The Morgan fingerprint density at radius 2 is 1.45 bits per heavy atom. The van der Waals surface area contributed by atoms with Gasteiger partial charge in [0.25, 0.3) is 0 Å². The van der Waals surface area contributed by atoms with Crippen molar-refractivity contribution in [2.75, 3.05) is 0 Å². The topological polar surface area (TPSA) is 0 Å². The first-order chi connectivity index (χ1) is 14.5. The minimum absolute atomic E-state index is 0.301. The van der Waals surface area contributed by atoms with Crippen LogP contribution in [-0.4, -0.2) is 3.21 Å². The van der Waals surface area contributed by atoms with Crippen molar-refractivity contribution < 1.29 is 24.2 Å². The first kappa shape index (κ1) is 25.8. The molecule has 1 heteroatoms. The number of fused-ring (bicyclic) bond motifs is 3. The average molecular weight is 490 g/mol. The van der Waals surface area contributed by atoms with Gasteiger partial charge in [-0.2, -0.15) is 11.6 Å². The van der Waals surface area contributed by atoms with E-state index in [1.165, 1.54) is 54.3 Å². The number of hydrogen-bond acceptors (Lipinski definition) is 0. The molecule has 0 aromatic heterocycles. The van der Waals surface area contributed by atoms with Crippen LogP contribution in [0.1, 0.15) is 65.5 Å². The molecule has 0 aliphatic heterocycles. The largest absolute Gasteiger partial charge is 0.126 e. The van der Waals surface area contributed by atoms with Crippen molar-refractivity contribution in [1.29, 1.82) is 0 Å². The van der Waals surface area contributed by atoms with E-state index in [1.54, 1.807) is 24.2 Å². The van der Waals surface area contributed by atoms with Crippen molar-refractivity contribution in [3.05, 3.63) is 77.4 Å². The fraction of sp³-hybridized carbons (Fsp3) is 0.400. The third kappa shape index (κ3) is 7.87. The van der Waals surface area contributed by atoms with Crippen LogP contribution in [0.3, 0.4) is 0 Å². The van der Waals surface area contributed by atoms with Crippen molar-refractivity contribution in [2.45, 2.75) is 68.2 Å². The molecular weight excluding hydrogens is 452 g/mol. The molecule has 0 fully saturated rings. The van der Waals surface area contributed by atoms with Gasteiger partial charge in [0.2, 0.25) is 0 Å². The van der Waals surface area contributed by atoms with Gasteiger partial charge in [0.1, 0.15) is 0 Å². The number of benzene rings is 2. The maximum absolute atomic E-state index is 3.40. The van der Waals surface area contributed by atoms with E-state index in [1.807, 2.05) is 0 Å². The summed E-state index contributed by atoms with van der Waals surface area (Å²) in [4.78, 5) is 0. The van der Waals surface area contributed by atoms with Crippen LogP contribution < -0.4 is 0 Å². The van der Waals surface area contributed by atoms with Crippen molar-refractivity contribution >= 4 is 24.8 Å². The van der Waals surface area contributed by atoms with Gasteiger partial charge >= 0.3 is 41.3 Å². The minimum Gasteiger partial charge on any atom is -0.126 e. The van der Waals surface area contributed by atoms with Gasteiger partial charge in [-0.3, -0.25) is 6.08 Å². The van der Waals surface area contributed by atoms with Crippen LogP contribution in [0.4, 0.5) is 0 Å². The zero-order valence-electron chi connectivity index (χ0n) is 20.7. The Bertz CT molecular complexity index is 1020. The second kappa shape index (κ2) is 11.4. The van der Waals surface area contributed by atoms with Gasteiger partial charge in [0.15, 0.2) is 0 Å². The molecule has 3 aromatic rings. The van der Waals surface area contributed by atoms with E-state index in [4.69, 9.17) is 0 Å². The fourth-order valence-corrected chi connectivity index (χ4v) is 3.72. The van der Waals surface area contributed by atoms with Gasteiger partial charge in [0.05, 0.1) is 0 Å². The molecule has 31 heavy (non-hydrogen) atoms. The third-order valence-corrected chi connectivity index (χ3v) is 5.31. The van der Waals surface area contributed by atoms with E-state index in [9.17, 15) is 0 Å². The predicted octanol–water partition coefficient (Wildman–Crippen LogP) is 8.82. The van der Waals surface area contributed by atoms with E-state index in [-0.39, 0.29) is 0 Å². The molecule has 0 heterocycles. The van der Waals surface area contributed by atoms with E-state index in [0.29, 0.717) is 11.3 Å². The third-order valence-electron chi connectivity index (χ3n) is 5.31. The Morgan fingerprint density at radius 3 is 1.84 bits per heavy atom. The smallest absolute Gasteiger partial charge is 0.0469 e. The zero-order valence-corrected chi connectivity index (χ0v) is 23.1. The van der Waals surface area contributed by atoms with Crippen molar-refractivity contribution in [1.82, 2.24) is 0 Å². The van der Waals surface area contributed by atoms with Crippen LogP contribution in [0.25, 0.3) is 21.5 Å². The quantitative estimate of drug-likeness (QED) is 0.315.